The van der Waals surface area contributed by atoms with Gasteiger partial charge in [0.15, 0.2) is 0 Å². The van der Waals surface area contributed by atoms with Crippen LogP contribution in [0, 0.1) is 6.92 Å². The highest BCUT2D eigenvalue weighted by molar-refractivity contribution is 7.90. The molecule has 3 rings (SSSR count). The van der Waals surface area contributed by atoms with Gasteiger partial charge in [-0.05, 0) is 37.3 Å². The van der Waals surface area contributed by atoms with Crippen LogP contribution in [-0.2, 0) is 10.0 Å². The van der Waals surface area contributed by atoms with E-state index < -0.39 is 10.0 Å². The van der Waals surface area contributed by atoms with E-state index in [-0.39, 0.29) is 11.5 Å². The topological polar surface area (TPSA) is 59.3 Å². The van der Waals surface area contributed by atoms with E-state index in [9.17, 15) is 8.42 Å². The van der Waals surface area contributed by atoms with Crippen LogP contribution in [0.3, 0.4) is 0 Å². The van der Waals surface area contributed by atoms with E-state index in [0.717, 1.165) is 10.9 Å². The van der Waals surface area contributed by atoms with Crippen molar-refractivity contribution in [3.05, 3.63) is 71.9 Å². The molecule has 4 nitrogen and oxygen atoms in total. The Balaban J connectivity index is 2.28. The summed E-state index contributed by atoms with van der Waals surface area (Å²) in [5.74, 6) is 0. The zero-order valence-corrected chi connectivity index (χ0v) is 13.5. The third-order valence-electron chi connectivity index (χ3n) is 3.65. The molecule has 3 aromatic rings. The van der Waals surface area contributed by atoms with E-state index in [0.29, 0.717) is 11.2 Å². The number of hydrogen-bond donors (Lipinski definition) is 1. The van der Waals surface area contributed by atoms with E-state index in [1.807, 2.05) is 25.1 Å². The van der Waals surface area contributed by atoms with Crippen LogP contribution in [0.4, 0.5) is 0 Å². The summed E-state index contributed by atoms with van der Waals surface area (Å²) in [6.45, 7) is 1.77. The molecule has 0 aliphatic heterocycles. The zero-order chi connectivity index (χ0) is 16.4. The molecule has 1 heterocycles. The Morgan fingerprint density at radius 3 is 2.48 bits per heavy atom. The summed E-state index contributed by atoms with van der Waals surface area (Å²) in [6, 6.07) is 15.9. The molecule has 0 spiro atoms. The molecule has 0 atom stereocenters. The van der Waals surface area contributed by atoms with Gasteiger partial charge in [-0.2, -0.15) is 0 Å². The van der Waals surface area contributed by atoms with Crippen molar-refractivity contribution in [3.63, 3.8) is 0 Å². The second-order valence-electron chi connectivity index (χ2n) is 5.30. The highest BCUT2D eigenvalue weighted by atomic mass is 32.2. The molecule has 0 saturated heterocycles. The summed E-state index contributed by atoms with van der Waals surface area (Å²) in [6.07, 6.45) is 3.14. The van der Waals surface area contributed by atoms with Crippen LogP contribution >= 0.6 is 0 Å². The van der Waals surface area contributed by atoms with Gasteiger partial charge in [-0.15, -0.1) is 0 Å². The average Bonchev–Trinajstić information content (AvgIpc) is 2.92. The van der Waals surface area contributed by atoms with E-state index in [1.165, 1.54) is 10.0 Å². The number of benzene rings is 2. The normalized spacial score (nSPS) is 12.3. The number of fused-ring (bicyclic) bond motifs is 1. The first-order valence-electron chi connectivity index (χ1n) is 7.24. The minimum atomic E-state index is -3.72. The molecule has 1 N–H and O–H groups in total. The Bertz CT molecular complexity index is 967. The van der Waals surface area contributed by atoms with Crippen LogP contribution in [0.25, 0.3) is 17.0 Å². The van der Waals surface area contributed by atoms with Crippen molar-refractivity contribution >= 4 is 27.0 Å². The average molecular weight is 327 g/mol. The summed E-state index contributed by atoms with van der Waals surface area (Å²) in [5.41, 5.74) is 2.13. The van der Waals surface area contributed by atoms with E-state index in [2.05, 4.69) is 0 Å². The molecule has 0 aliphatic carbocycles. The molecule has 0 amide bonds. The standard InChI is InChI=1S/C18H17NO3S/c1-14-8-10-17(11-9-14)23(21,22)19-16(6-4-12-20)13-15-5-2-3-7-18(15)19/h2-11,13,20H,12H2,1H3/b6-4+. The van der Waals surface area contributed by atoms with Gasteiger partial charge >= 0.3 is 0 Å². The van der Waals surface area contributed by atoms with Gasteiger partial charge in [-0.1, -0.05) is 42.0 Å². The Morgan fingerprint density at radius 1 is 1.09 bits per heavy atom. The number of aliphatic hydroxyl groups excluding tert-OH is 1. The summed E-state index contributed by atoms with van der Waals surface area (Å²) in [7, 11) is -3.72. The van der Waals surface area contributed by atoms with E-state index in [4.69, 9.17) is 5.11 Å². The predicted octanol–water partition coefficient (Wildman–Crippen LogP) is 3.19. The second kappa shape index (κ2) is 6.02. The maximum Gasteiger partial charge on any atom is 0.268 e. The summed E-state index contributed by atoms with van der Waals surface area (Å²) in [5, 5.41) is 9.83. The van der Waals surface area contributed by atoms with Gasteiger partial charge in [0.1, 0.15) is 0 Å². The molecule has 0 fully saturated rings. The van der Waals surface area contributed by atoms with Crippen LogP contribution < -0.4 is 0 Å². The van der Waals surface area contributed by atoms with Crippen molar-refractivity contribution in [2.24, 2.45) is 0 Å². The van der Waals surface area contributed by atoms with Crippen molar-refractivity contribution in [3.8, 4) is 0 Å². The minimum absolute atomic E-state index is 0.147. The lowest BCUT2D eigenvalue weighted by atomic mass is 10.2. The van der Waals surface area contributed by atoms with Crippen LogP contribution in [0.5, 0.6) is 0 Å². The molecule has 0 bridgehead atoms. The molecule has 1 aromatic heterocycles. The number of nitrogens with zero attached hydrogens (tertiary/aromatic N) is 1. The number of aromatic nitrogens is 1. The van der Waals surface area contributed by atoms with Gasteiger partial charge in [-0.3, -0.25) is 0 Å². The lowest BCUT2D eigenvalue weighted by molar-refractivity contribution is 0.343. The van der Waals surface area contributed by atoms with Crippen LogP contribution in [0.2, 0.25) is 0 Å². The predicted molar refractivity (Wildman–Crippen MR) is 91.8 cm³/mol. The molecular weight excluding hydrogens is 310 g/mol. The first kappa shape index (κ1) is 15.5. The molecule has 118 valence electrons. The minimum Gasteiger partial charge on any atom is -0.392 e. The largest absolute Gasteiger partial charge is 0.392 e. The van der Waals surface area contributed by atoms with Gasteiger partial charge in [0.2, 0.25) is 0 Å². The lowest BCUT2D eigenvalue weighted by Crippen LogP contribution is -2.14. The fraction of sp³-hybridized carbons (Fsp3) is 0.111. The first-order chi connectivity index (χ1) is 11.0. The molecule has 2 aromatic carbocycles. The third kappa shape index (κ3) is 2.81. The number of aliphatic hydroxyl groups is 1. The van der Waals surface area contributed by atoms with Gasteiger partial charge in [-0.25, -0.2) is 12.4 Å². The van der Waals surface area contributed by atoms with Gasteiger partial charge in [0, 0.05) is 5.39 Å². The van der Waals surface area contributed by atoms with Crippen LogP contribution in [-0.4, -0.2) is 24.1 Å². The van der Waals surface area contributed by atoms with Gasteiger partial charge < -0.3 is 5.11 Å². The number of aryl methyl sites for hydroxylation is 1. The summed E-state index contributed by atoms with van der Waals surface area (Å²) < 4.78 is 27.5. The van der Waals surface area contributed by atoms with Crippen molar-refractivity contribution in [2.45, 2.75) is 11.8 Å². The molecule has 5 heteroatoms. The first-order valence-corrected chi connectivity index (χ1v) is 8.68. The molecule has 0 aliphatic rings. The molecule has 0 unspecified atom stereocenters. The maximum atomic E-state index is 13.1. The van der Waals surface area contributed by atoms with Crippen molar-refractivity contribution < 1.29 is 13.5 Å². The van der Waals surface area contributed by atoms with Gasteiger partial charge in [0.05, 0.1) is 22.7 Å². The number of hydrogen-bond acceptors (Lipinski definition) is 3. The number of para-hydroxylation sites is 1. The Hall–Kier alpha value is -2.37. The Labute approximate surface area is 135 Å². The van der Waals surface area contributed by atoms with E-state index >= 15 is 0 Å². The third-order valence-corrected chi connectivity index (χ3v) is 5.40. The zero-order valence-electron chi connectivity index (χ0n) is 12.7. The quantitative estimate of drug-likeness (QED) is 0.800. The smallest absolute Gasteiger partial charge is 0.268 e. The summed E-state index contributed by atoms with van der Waals surface area (Å²) >= 11 is 0. The SMILES string of the molecule is Cc1ccc(S(=O)(=O)n2c(/C=C/CO)cc3ccccc32)cc1. The molecular formula is C18H17NO3S. The van der Waals surface area contributed by atoms with Crippen molar-refractivity contribution in [2.75, 3.05) is 6.61 Å². The van der Waals surface area contributed by atoms with Crippen LogP contribution in [0.15, 0.2) is 65.6 Å². The lowest BCUT2D eigenvalue weighted by Gasteiger charge is -2.10. The maximum absolute atomic E-state index is 13.1. The molecule has 0 radical (unpaired) electrons. The van der Waals surface area contributed by atoms with Crippen molar-refractivity contribution in [1.29, 1.82) is 0 Å². The Morgan fingerprint density at radius 2 is 1.78 bits per heavy atom. The summed E-state index contributed by atoms with van der Waals surface area (Å²) in [4.78, 5) is 0.239. The number of rotatable bonds is 4. The molecule has 23 heavy (non-hydrogen) atoms. The Kier molecular flexibility index (Phi) is 4.07. The second-order valence-corrected chi connectivity index (χ2v) is 7.08. The fourth-order valence-corrected chi connectivity index (χ4v) is 4.03. The highest BCUT2D eigenvalue weighted by Gasteiger charge is 2.21. The van der Waals surface area contributed by atoms with E-state index in [1.54, 1.807) is 42.5 Å². The monoisotopic (exact) mass is 327 g/mol. The fourth-order valence-electron chi connectivity index (χ4n) is 2.52. The molecule has 0 saturated carbocycles. The van der Waals surface area contributed by atoms with Crippen molar-refractivity contribution in [1.82, 2.24) is 3.97 Å². The highest BCUT2D eigenvalue weighted by Crippen LogP contribution is 2.26. The van der Waals surface area contributed by atoms with Crippen LogP contribution in [0.1, 0.15) is 11.3 Å². The van der Waals surface area contributed by atoms with Gasteiger partial charge in [0.25, 0.3) is 10.0 Å².